The summed E-state index contributed by atoms with van der Waals surface area (Å²) in [6.45, 7) is 1.82. The van der Waals surface area contributed by atoms with E-state index < -0.39 is 6.10 Å². The first-order chi connectivity index (χ1) is 4.13. The summed E-state index contributed by atoms with van der Waals surface area (Å²) in [4.78, 5) is 0. The van der Waals surface area contributed by atoms with Crippen molar-refractivity contribution in [2.45, 2.75) is 29.1 Å². The minimum absolute atomic E-state index is 0.0394. The average molecular weight is 238 g/mol. The minimum atomic E-state index is -0.402. The van der Waals surface area contributed by atoms with E-state index in [9.17, 15) is 5.11 Å². The number of alkyl halides is 1. The van der Waals surface area contributed by atoms with Crippen LogP contribution in [0.25, 0.3) is 0 Å². The Morgan fingerprint density at radius 3 is 2.33 bits per heavy atom. The molecule has 1 rings (SSSR count). The lowest BCUT2D eigenvalue weighted by Crippen LogP contribution is -2.26. The third kappa shape index (κ3) is 1.41. The molecule has 1 N–H and O–H groups in total. The van der Waals surface area contributed by atoms with Crippen molar-refractivity contribution in [3.63, 3.8) is 0 Å². The van der Waals surface area contributed by atoms with Gasteiger partial charge in [0.2, 0.25) is 0 Å². The van der Waals surface area contributed by atoms with E-state index in [1.54, 1.807) is 0 Å². The lowest BCUT2D eigenvalue weighted by Gasteiger charge is -2.07. The summed E-state index contributed by atoms with van der Waals surface area (Å²) >= 11 is 2.10. The highest BCUT2D eigenvalue weighted by Gasteiger charge is 2.35. The maximum Gasteiger partial charge on any atom is 0.110 e. The predicted octanol–water partition coefficient (Wildman–Crippen LogP) is 0.0642. The third-order valence-electron chi connectivity index (χ3n) is 1.49. The fraction of sp³-hybridized carbons (Fsp3) is 1.00. The SMILES string of the molecule is [B][C@@H]1O[C@H](C)[C@@H](O)[C@H]1I. The van der Waals surface area contributed by atoms with Crippen molar-refractivity contribution < 1.29 is 9.84 Å². The van der Waals surface area contributed by atoms with Gasteiger partial charge >= 0.3 is 0 Å². The van der Waals surface area contributed by atoms with Gasteiger partial charge in [0.15, 0.2) is 0 Å². The van der Waals surface area contributed by atoms with E-state index in [4.69, 9.17) is 12.6 Å². The molecule has 1 aliphatic heterocycles. The molecule has 4 atom stereocenters. The molecule has 1 fully saturated rings. The second kappa shape index (κ2) is 2.76. The first-order valence-corrected chi connectivity index (χ1v) is 4.10. The minimum Gasteiger partial charge on any atom is -0.389 e. The van der Waals surface area contributed by atoms with Crippen LogP contribution in [-0.2, 0) is 4.74 Å². The van der Waals surface area contributed by atoms with Gasteiger partial charge in [-0.05, 0) is 6.92 Å². The quantitative estimate of drug-likeness (QED) is 0.367. The zero-order valence-corrected chi connectivity index (χ0v) is 7.28. The Morgan fingerprint density at radius 2 is 2.22 bits per heavy atom. The van der Waals surface area contributed by atoms with Gasteiger partial charge in [0, 0.05) is 6.00 Å². The van der Waals surface area contributed by atoms with Gasteiger partial charge in [-0.2, -0.15) is 0 Å². The topological polar surface area (TPSA) is 29.5 Å². The molecule has 0 aromatic carbocycles. The zero-order valence-electron chi connectivity index (χ0n) is 5.12. The van der Waals surface area contributed by atoms with Gasteiger partial charge in [0.1, 0.15) is 7.85 Å². The Labute approximate surface area is 69.5 Å². The summed E-state index contributed by atoms with van der Waals surface area (Å²) in [7, 11) is 5.47. The maximum atomic E-state index is 9.22. The fourth-order valence-electron chi connectivity index (χ4n) is 0.857. The Hall–Kier alpha value is 0.715. The molecule has 50 valence electrons. The van der Waals surface area contributed by atoms with Gasteiger partial charge in [-0.15, -0.1) is 0 Å². The summed E-state index contributed by atoms with van der Waals surface area (Å²) in [5.74, 6) is 0. The fourth-order valence-corrected chi connectivity index (χ4v) is 1.61. The normalized spacial score (nSPS) is 51.9. The molecule has 0 amide bonds. The van der Waals surface area contributed by atoms with Crippen LogP contribution in [0.5, 0.6) is 0 Å². The summed E-state index contributed by atoms with van der Waals surface area (Å²) in [6.07, 6.45) is -0.512. The molecular formula is C5H8BIO2. The van der Waals surface area contributed by atoms with E-state index in [-0.39, 0.29) is 16.0 Å². The predicted molar refractivity (Wildman–Crippen MR) is 43.9 cm³/mol. The van der Waals surface area contributed by atoms with Gasteiger partial charge in [0.25, 0.3) is 0 Å². The van der Waals surface area contributed by atoms with E-state index in [2.05, 4.69) is 22.6 Å². The summed E-state index contributed by atoms with van der Waals surface area (Å²) in [5.41, 5.74) is 0. The van der Waals surface area contributed by atoms with Crippen LogP contribution in [0.1, 0.15) is 6.92 Å². The van der Waals surface area contributed by atoms with Gasteiger partial charge in [-0.1, -0.05) is 22.6 Å². The van der Waals surface area contributed by atoms with Crippen LogP contribution in [0.15, 0.2) is 0 Å². The van der Waals surface area contributed by atoms with Crippen LogP contribution < -0.4 is 0 Å². The maximum absolute atomic E-state index is 9.22. The molecule has 0 saturated carbocycles. The van der Waals surface area contributed by atoms with Crippen molar-refractivity contribution in [3.8, 4) is 0 Å². The number of hydrogen-bond acceptors (Lipinski definition) is 2. The molecular weight excluding hydrogens is 230 g/mol. The lowest BCUT2D eigenvalue weighted by molar-refractivity contribution is 0.0458. The zero-order chi connectivity index (χ0) is 7.02. The highest BCUT2D eigenvalue weighted by Crippen LogP contribution is 2.25. The van der Waals surface area contributed by atoms with Crippen LogP contribution in [0.4, 0.5) is 0 Å². The molecule has 2 nitrogen and oxygen atoms in total. The highest BCUT2D eigenvalue weighted by atomic mass is 127. The molecule has 1 aliphatic rings. The second-order valence-electron chi connectivity index (χ2n) is 2.24. The third-order valence-corrected chi connectivity index (χ3v) is 2.94. The molecule has 9 heavy (non-hydrogen) atoms. The van der Waals surface area contributed by atoms with Gasteiger partial charge < -0.3 is 9.84 Å². The van der Waals surface area contributed by atoms with E-state index in [0.29, 0.717) is 0 Å². The molecule has 0 aromatic heterocycles. The lowest BCUT2D eigenvalue weighted by atomic mass is 9.96. The van der Waals surface area contributed by atoms with Crippen molar-refractivity contribution >= 4 is 30.4 Å². The number of rotatable bonds is 0. The monoisotopic (exact) mass is 238 g/mol. The van der Waals surface area contributed by atoms with Crippen molar-refractivity contribution in [1.29, 1.82) is 0 Å². The van der Waals surface area contributed by atoms with Crippen molar-refractivity contribution in [1.82, 2.24) is 0 Å². The van der Waals surface area contributed by atoms with Crippen molar-refractivity contribution in [2.24, 2.45) is 0 Å². The molecule has 0 aromatic rings. The molecule has 0 bridgehead atoms. The number of halogens is 1. The highest BCUT2D eigenvalue weighted by molar-refractivity contribution is 14.1. The van der Waals surface area contributed by atoms with Crippen LogP contribution >= 0.6 is 22.6 Å². The smallest absolute Gasteiger partial charge is 0.110 e. The summed E-state index contributed by atoms with van der Waals surface area (Å²) in [5, 5.41) is 9.22. The number of aliphatic hydroxyl groups excluding tert-OH is 1. The van der Waals surface area contributed by atoms with Crippen LogP contribution in [0, 0.1) is 0 Å². The Balaban J connectivity index is 2.54. The number of aliphatic hydroxyl groups is 1. The average Bonchev–Trinajstić information content (AvgIpc) is 1.98. The Kier molecular flexibility index (Phi) is 2.40. The molecule has 2 radical (unpaired) electrons. The van der Waals surface area contributed by atoms with Gasteiger partial charge in [0.05, 0.1) is 16.1 Å². The first kappa shape index (κ1) is 7.82. The Morgan fingerprint density at radius 1 is 1.67 bits per heavy atom. The van der Waals surface area contributed by atoms with Gasteiger partial charge in [-0.3, -0.25) is 0 Å². The van der Waals surface area contributed by atoms with E-state index in [0.717, 1.165) is 0 Å². The van der Waals surface area contributed by atoms with Crippen molar-refractivity contribution in [2.75, 3.05) is 0 Å². The molecule has 0 spiro atoms. The Bertz CT molecular complexity index is 99.1. The number of hydrogen-bond donors (Lipinski definition) is 1. The largest absolute Gasteiger partial charge is 0.389 e. The molecule has 4 heteroatoms. The summed E-state index contributed by atoms with van der Waals surface area (Å²) in [6, 6.07) is -0.296. The summed E-state index contributed by atoms with van der Waals surface area (Å²) < 4.78 is 5.15. The van der Waals surface area contributed by atoms with Crippen LogP contribution in [0.2, 0.25) is 0 Å². The van der Waals surface area contributed by atoms with Crippen LogP contribution in [0.3, 0.4) is 0 Å². The molecule has 1 saturated heterocycles. The molecule has 0 aliphatic carbocycles. The molecule has 0 unspecified atom stereocenters. The molecule has 1 heterocycles. The number of ether oxygens (including phenoxy) is 1. The standard InChI is InChI=1S/C5H8BIO2/c1-2-4(8)3(7)5(6)9-2/h2-5,8H,1H3/t2-,3-,4-,5-/m1/s1. The van der Waals surface area contributed by atoms with Crippen LogP contribution in [-0.4, -0.2) is 35.1 Å². The van der Waals surface area contributed by atoms with Crippen molar-refractivity contribution in [3.05, 3.63) is 0 Å². The van der Waals surface area contributed by atoms with E-state index in [1.807, 2.05) is 6.92 Å². The van der Waals surface area contributed by atoms with E-state index >= 15 is 0 Å². The first-order valence-electron chi connectivity index (χ1n) is 2.86. The second-order valence-corrected chi connectivity index (χ2v) is 3.68. The van der Waals surface area contributed by atoms with E-state index in [1.165, 1.54) is 0 Å². The van der Waals surface area contributed by atoms with Gasteiger partial charge in [-0.25, -0.2) is 0 Å².